The number of hydrogen-bond donors (Lipinski definition) is 0. The van der Waals surface area contributed by atoms with Gasteiger partial charge >= 0.3 is 37.9 Å². The number of hydrogen-bond acceptors (Lipinski definition) is 0. The molecular weight excluding hydrogens is 426 g/mol. The summed E-state index contributed by atoms with van der Waals surface area (Å²) in [7, 11) is 9.87. The molecule has 0 unspecified atom stereocenters. The maximum absolute atomic E-state index is 4.93. The van der Waals surface area contributed by atoms with Crippen LogP contribution in [0.4, 0.5) is 0 Å². The molecule has 0 aliphatic heterocycles. The van der Waals surface area contributed by atoms with E-state index in [4.69, 9.17) is 17.0 Å². The van der Waals surface area contributed by atoms with E-state index >= 15 is 0 Å². The molecule has 0 aliphatic rings. The third kappa shape index (κ3) is 4.82. The molecule has 25 heavy (non-hydrogen) atoms. The molecule has 0 amide bonds. The summed E-state index contributed by atoms with van der Waals surface area (Å²) in [6.45, 7) is 11.4. The molecule has 0 aliphatic carbocycles. The van der Waals surface area contributed by atoms with Crippen LogP contribution in [0.3, 0.4) is 0 Å². The second kappa shape index (κ2) is 8.94. The second-order valence-corrected chi connectivity index (χ2v) is 11.1. The van der Waals surface area contributed by atoms with Gasteiger partial charge in [0.15, 0.2) is 0 Å². The zero-order valence-electron chi connectivity index (χ0n) is 15.6. The van der Waals surface area contributed by atoms with E-state index in [1.165, 1.54) is 38.6 Å². The molecule has 3 rings (SSSR count). The van der Waals surface area contributed by atoms with Crippen molar-refractivity contribution in [3.63, 3.8) is 0 Å². The van der Waals surface area contributed by atoms with E-state index < -0.39 is 20.8 Å². The van der Waals surface area contributed by atoms with Crippen LogP contribution in [0.5, 0.6) is 0 Å². The van der Waals surface area contributed by atoms with E-state index in [2.05, 4.69) is 83.1 Å². The van der Waals surface area contributed by atoms with Crippen molar-refractivity contribution < 1.29 is 20.8 Å². The van der Waals surface area contributed by atoms with E-state index in [1.807, 2.05) is 0 Å². The van der Waals surface area contributed by atoms with Crippen LogP contribution in [0.2, 0.25) is 0 Å². The Labute approximate surface area is 170 Å². The summed E-state index contributed by atoms with van der Waals surface area (Å²) < 4.78 is 0. The Bertz CT molecular complexity index is 841. The number of rotatable bonds is 2. The fourth-order valence-corrected chi connectivity index (χ4v) is 3.32. The van der Waals surface area contributed by atoms with Crippen molar-refractivity contribution in [1.82, 2.24) is 0 Å². The molecular formula is C22H25Cl2Zr-. The summed E-state index contributed by atoms with van der Waals surface area (Å²) in [5.74, 6) is 0. The molecule has 0 fully saturated rings. The predicted octanol–water partition coefficient (Wildman–Crippen LogP) is 7.77. The summed E-state index contributed by atoms with van der Waals surface area (Å²) in [5.41, 5.74) is 7.13. The van der Waals surface area contributed by atoms with Crippen molar-refractivity contribution in [1.29, 1.82) is 0 Å². The Kier molecular flexibility index (Phi) is 7.44. The Morgan fingerprint density at radius 2 is 1.68 bits per heavy atom. The second-order valence-electron chi connectivity index (χ2n) is 7.34. The molecule has 0 aromatic heterocycles. The van der Waals surface area contributed by atoms with Crippen molar-refractivity contribution in [3.8, 4) is 11.1 Å². The molecule has 3 aromatic carbocycles. The van der Waals surface area contributed by atoms with E-state index in [1.54, 1.807) is 0 Å². The van der Waals surface area contributed by atoms with Crippen LogP contribution < -0.4 is 0 Å². The van der Waals surface area contributed by atoms with Gasteiger partial charge in [0.1, 0.15) is 0 Å². The normalized spacial score (nSPS) is 11.2. The summed E-state index contributed by atoms with van der Waals surface area (Å²) in [5, 5.41) is 2.77. The topological polar surface area (TPSA) is 0 Å². The van der Waals surface area contributed by atoms with E-state index in [-0.39, 0.29) is 5.41 Å². The first-order valence-electron chi connectivity index (χ1n) is 8.58. The molecule has 3 heteroatoms. The van der Waals surface area contributed by atoms with Crippen LogP contribution in [0.1, 0.15) is 44.4 Å². The van der Waals surface area contributed by atoms with Gasteiger partial charge in [-0.15, -0.1) is 34.5 Å². The minimum absolute atomic E-state index is 0.134. The molecule has 132 valence electrons. The molecule has 0 saturated heterocycles. The molecule has 0 radical (unpaired) electrons. The predicted molar refractivity (Wildman–Crippen MR) is 109 cm³/mol. The number of benzene rings is 2. The van der Waals surface area contributed by atoms with Crippen LogP contribution in [0, 0.1) is 6.92 Å². The van der Waals surface area contributed by atoms with Crippen LogP contribution >= 0.6 is 17.0 Å². The fourth-order valence-electron chi connectivity index (χ4n) is 3.32. The van der Waals surface area contributed by atoms with Gasteiger partial charge in [-0.2, -0.15) is 6.07 Å². The Morgan fingerprint density at radius 3 is 2.24 bits per heavy atom. The van der Waals surface area contributed by atoms with Crippen LogP contribution in [0.25, 0.3) is 21.9 Å². The van der Waals surface area contributed by atoms with E-state index in [9.17, 15) is 0 Å². The summed E-state index contributed by atoms with van der Waals surface area (Å²) in [6.07, 6.45) is 1.09. The van der Waals surface area contributed by atoms with Crippen molar-refractivity contribution in [2.24, 2.45) is 0 Å². The average Bonchev–Trinajstić information content (AvgIpc) is 2.98. The van der Waals surface area contributed by atoms with Crippen molar-refractivity contribution in [3.05, 3.63) is 65.2 Å². The van der Waals surface area contributed by atoms with Gasteiger partial charge in [0.05, 0.1) is 0 Å². The first-order chi connectivity index (χ1) is 11.8. The zero-order valence-corrected chi connectivity index (χ0v) is 19.6. The van der Waals surface area contributed by atoms with Gasteiger partial charge in [-0.05, 0) is 29.9 Å². The van der Waals surface area contributed by atoms with Gasteiger partial charge in [0, 0.05) is 0 Å². The third-order valence-corrected chi connectivity index (χ3v) is 4.58. The molecule has 3 aromatic rings. The molecule has 0 N–H and O–H groups in total. The fraction of sp³-hybridized carbons (Fsp3) is 0.318. The zero-order chi connectivity index (χ0) is 18.6. The van der Waals surface area contributed by atoms with E-state index in [0.717, 1.165) is 6.42 Å². The molecule has 0 heterocycles. The van der Waals surface area contributed by atoms with Crippen LogP contribution in [0.15, 0.2) is 48.5 Å². The third-order valence-electron chi connectivity index (χ3n) is 4.58. The summed E-state index contributed by atoms with van der Waals surface area (Å²) in [4.78, 5) is 0. The SMILES string of the molecule is CCc1cc2c(-c3ccccc3C)c(C(C)(C)C)ccc2[cH-]1.[Cl][Zr][Cl]. The Hall–Kier alpha value is -0.487. The molecule has 0 bridgehead atoms. The molecule has 0 atom stereocenters. The van der Waals surface area contributed by atoms with Crippen LogP contribution in [-0.4, -0.2) is 0 Å². The van der Waals surface area contributed by atoms with Crippen LogP contribution in [-0.2, 0) is 32.7 Å². The van der Waals surface area contributed by atoms with Gasteiger partial charge in [-0.3, -0.25) is 0 Å². The van der Waals surface area contributed by atoms with Crippen molar-refractivity contribution >= 4 is 27.8 Å². The Morgan fingerprint density at radius 1 is 1.04 bits per heavy atom. The Balaban J connectivity index is 0.000000701. The maximum atomic E-state index is 4.93. The quantitative estimate of drug-likeness (QED) is 0.349. The first-order valence-corrected chi connectivity index (χ1v) is 14.9. The minimum atomic E-state index is -0.826. The number of aryl methyl sites for hydroxylation is 2. The monoisotopic (exact) mass is 449 g/mol. The van der Waals surface area contributed by atoms with Gasteiger partial charge in [-0.1, -0.05) is 63.1 Å². The van der Waals surface area contributed by atoms with Gasteiger partial charge < -0.3 is 0 Å². The number of fused-ring (bicyclic) bond motifs is 1. The van der Waals surface area contributed by atoms with Gasteiger partial charge in [-0.25, -0.2) is 0 Å². The van der Waals surface area contributed by atoms with Crippen molar-refractivity contribution in [2.75, 3.05) is 0 Å². The molecule has 0 nitrogen and oxygen atoms in total. The summed E-state index contributed by atoms with van der Waals surface area (Å²) >= 11 is -0.826. The van der Waals surface area contributed by atoms with E-state index in [0.29, 0.717) is 0 Å². The number of halogens is 2. The first kappa shape index (κ1) is 20.8. The van der Waals surface area contributed by atoms with Crippen molar-refractivity contribution in [2.45, 2.75) is 46.5 Å². The standard InChI is InChI=1S/C22H25.2ClH.Zr/c1-6-16-13-17-11-12-20(22(3,4)5)21(19(17)14-16)18-10-8-7-9-15(18)2;;;/h7-14H,6H2,1-5H3;2*1H;/q-1;;;+2/p-2. The summed E-state index contributed by atoms with van der Waals surface area (Å²) in [6, 6.07) is 18.1. The average molecular weight is 452 g/mol. The molecule has 0 spiro atoms. The molecule has 0 saturated carbocycles. The van der Waals surface area contributed by atoms with Gasteiger partial charge in [0.25, 0.3) is 0 Å². The van der Waals surface area contributed by atoms with Gasteiger partial charge in [0.2, 0.25) is 0 Å².